The van der Waals surface area contributed by atoms with E-state index in [0.29, 0.717) is 71.7 Å². The summed E-state index contributed by atoms with van der Waals surface area (Å²) in [6.45, 7) is 14.5. The number of nitrogens with zero attached hydrogens (tertiary/aromatic N) is 7. The molecular weight excluding hydrogens is 830 g/mol. The molecule has 1 amide bonds. The number of carbonyl (C=O) groups excluding carboxylic acids is 1. The molecule has 324 valence electrons. The Bertz CT molecular complexity index is 2630. The number of ether oxygens (including phenoxy) is 3. The summed E-state index contributed by atoms with van der Waals surface area (Å²) in [4.78, 5) is 43.8. The molecule has 0 aliphatic carbocycles. The molecule has 6 aromatic rings. The number of hydrogen-bond donors (Lipinski definition) is 3. The van der Waals surface area contributed by atoms with E-state index in [1.54, 1.807) is 30.6 Å². The molecule has 1 unspecified atom stereocenters. The highest BCUT2D eigenvalue weighted by molar-refractivity contribution is 7.15. The van der Waals surface area contributed by atoms with Gasteiger partial charge in [-0.2, -0.15) is 4.98 Å². The summed E-state index contributed by atoms with van der Waals surface area (Å²) in [5.74, 6) is 1.49. The Kier molecular flexibility index (Phi) is 13.0. The Morgan fingerprint density at radius 3 is 2.45 bits per heavy atom. The van der Waals surface area contributed by atoms with Gasteiger partial charge in [0.2, 0.25) is 11.8 Å². The lowest BCUT2D eigenvalue weighted by Gasteiger charge is -2.35. The van der Waals surface area contributed by atoms with Gasteiger partial charge in [0, 0.05) is 83.5 Å². The van der Waals surface area contributed by atoms with Crippen molar-refractivity contribution in [2.75, 3.05) is 77.7 Å². The number of aryl methyl sites for hydroxylation is 3. The average molecular weight is 880 g/mol. The molecule has 2 aromatic carbocycles. The molecule has 0 radical (unpaired) electrons. The number of carboxylic acid groups (broad SMARTS) is 1. The summed E-state index contributed by atoms with van der Waals surface area (Å²) < 4.78 is 19.4. The van der Waals surface area contributed by atoms with Crippen molar-refractivity contribution in [1.82, 2.24) is 34.9 Å². The van der Waals surface area contributed by atoms with Gasteiger partial charge < -0.3 is 34.5 Å². The lowest BCUT2D eigenvalue weighted by atomic mass is 9.99. The van der Waals surface area contributed by atoms with Crippen LogP contribution in [0.4, 0.5) is 5.82 Å². The van der Waals surface area contributed by atoms with Gasteiger partial charge in [-0.1, -0.05) is 41.4 Å². The van der Waals surface area contributed by atoms with Gasteiger partial charge in [0.1, 0.15) is 22.7 Å². The number of thiophene rings is 1. The summed E-state index contributed by atoms with van der Waals surface area (Å²) >= 11 is 8.33. The van der Waals surface area contributed by atoms with Crippen LogP contribution in [0.5, 0.6) is 5.88 Å². The maximum atomic E-state index is 13.3. The van der Waals surface area contributed by atoms with Crippen molar-refractivity contribution in [2.45, 2.75) is 40.2 Å². The Labute approximate surface area is 368 Å². The first-order chi connectivity index (χ1) is 30.0. The van der Waals surface area contributed by atoms with E-state index >= 15 is 0 Å². The molecule has 2 aliphatic heterocycles. The summed E-state index contributed by atoms with van der Waals surface area (Å²) in [5, 5.41) is 23.6. The fourth-order valence-corrected chi connectivity index (χ4v) is 9.44. The molecular formula is C45H50ClN9O6S. The molecule has 3 N–H and O–H groups in total. The number of hydrogen-bond acceptors (Lipinski definition) is 12. The molecule has 62 heavy (non-hydrogen) atoms. The highest BCUT2D eigenvalue weighted by Crippen LogP contribution is 2.40. The van der Waals surface area contributed by atoms with Gasteiger partial charge >= 0.3 is 5.97 Å². The molecule has 8 rings (SSSR count). The number of nitrogens with one attached hydrogen (secondary N) is 2. The first-order valence-corrected chi connectivity index (χ1v) is 21.9. The molecule has 0 bridgehead atoms. The van der Waals surface area contributed by atoms with E-state index in [2.05, 4.69) is 79.9 Å². The number of aliphatic imine (C=N–C) groups is 1. The highest BCUT2D eigenvalue weighted by Gasteiger charge is 2.32. The molecule has 0 saturated carbocycles. The smallest absolute Gasteiger partial charge is 0.337 e. The van der Waals surface area contributed by atoms with Crippen LogP contribution in [-0.4, -0.2) is 125 Å². The van der Waals surface area contributed by atoms with Crippen LogP contribution in [0.15, 0.2) is 59.7 Å². The number of carboxylic acids is 1. The van der Waals surface area contributed by atoms with Crippen LogP contribution in [0.3, 0.4) is 0 Å². The van der Waals surface area contributed by atoms with E-state index in [9.17, 15) is 14.7 Å². The second kappa shape index (κ2) is 18.8. The Hall–Kier alpha value is -5.65. The monoisotopic (exact) mass is 879 g/mol. The molecule has 2 aliphatic rings. The fraction of sp³-hybridized carbons (Fsp3) is 0.378. The Morgan fingerprint density at radius 1 is 0.952 bits per heavy atom. The van der Waals surface area contributed by atoms with Crippen molar-refractivity contribution in [3.8, 4) is 22.0 Å². The number of amides is 1. The predicted molar refractivity (Wildman–Crippen MR) is 241 cm³/mol. The summed E-state index contributed by atoms with van der Waals surface area (Å²) in [7, 11) is 1.56. The maximum absolute atomic E-state index is 13.3. The van der Waals surface area contributed by atoms with Gasteiger partial charge in [-0.05, 0) is 57.5 Å². The Morgan fingerprint density at radius 2 is 1.71 bits per heavy atom. The minimum Gasteiger partial charge on any atom is -0.480 e. The predicted octanol–water partition coefficient (Wildman–Crippen LogP) is 6.72. The molecule has 0 spiro atoms. The van der Waals surface area contributed by atoms with Gasteiger partial charge in [0.15, 0.2) is 5.82 Å². The number of anilines is 1. The van der Waals surface area contributed by atoms with Gasteiger partial charge in [-0.3, -0.25) is 19.3 Å². The maximum Gasteiger partial charge on any atom is 0.337 e. The third kappa shape index (κ3) is 8.97. The normalized spacial score (nSPS) is 15.3. The number of pyridine rings is 1. The largest absolute Gasteiger partial charge is 0.480 e. The highest BCUT2D eigenvalue weighted by atomic mass is 35.5. The molecule has 1 saturated heterocycles. The minimum atomic E-state index is -1.02. The van der Waals surface area contributed by atoms with Crippen LogP contribution in [0.25, 0.3) is 27.0 Å². The van der Waals surface area contributed by atoms with Crippen LogP contribution in [0.1, 0.15) is 61.6 Å². The van der Waals surface area contributed by atoms with Gasteiger partial charge in [-0.15, -0.1) is 21.5 Å². The van der Waals surface area contributed by atoms with Gasteiger partial charge in [0.05, 0.1) is 56.3 Å². The minimum absolute atomic E-state index is 0.132. The number of rotatable bonds is 16. The number of aromatic amines is 1. The number of carbonyl (C=O) groups is 2. The van der Waals surface area contributed by atoms with Crippen molar-refractivity contribution in [2.24, 2.45) is 4.99 Å². The van der Waals surface area contributed by atoms with Crippen molar-refractivity contribution in [1.29, 1.82) is 0 Å². The number of piperazine rings is 1. The lowest BCUT2D eigenvalue weighted by molar-refractivity contribution is -0.121. The molecule has 4 aromatic heterocycles. The average Bonchev–Trinajstić information content (AvgIpc) is 3.92. The molecule has 17 heteroatoms. The summed E-state index contributed by atoms with van der Waals surface area (Å²) in [6, 6.07) is 15.2. The van der Waals surface area contributed by atoms with E-state index < -0.39 is 12.0 Å². The van der Waals surface area contributed by atoms with E-state index in [1.807, 2.05) is 19.1 Å². The number of aromatic nitrogens is 5. The quantitative estimate of drug-likeness (QED) is 0.0882. The third-order valence-electron chi connectivity index (χ3n) is 11.5. The fourth-order valence-electron chi connectivity index (χ4n) is 7.96. The van der Waals surface area contributed by atoms with Gasteiger partial charge in [-0.25, -0.2) is 4.79 Å². The molecule has 1 fully saturated rings. The number of benzene rings is 2. The Balaban J connectivity index is 0.760. The van der Waals surface area contributed by atoms with Crippen LogP contribution < -0.4 is 15.0 Å². The zero-order valence-electron chi connectivity index (χ0n) is 35.5. The number of fused-ring (bicyclic) bond motifs is 4. The van der Waals surface area contributed by atoms with E-state index in [1.165, 1.54) is 22.2 Å². The number of H-pyrrole nitrogens is 1. The van der Waals surface area contributed by atoms with Crippen LogP contribution in [-0.2, 0) is 14.3 Å². The van der Waals surface area contributed by atoms with Crippen molar-refractivity contribution < 1.29 is 28.9 Å². The van der Waals surface area contributed by atoms with Crippen molar-refractivity contribution in [3.05, 3.63) is 104 Å². The third-order valence-corrected chi connectivity index (χ3v) is 13.0. The first-order valence-electron chi connectivity index (χ1n) is 20.7. The van der Waals surface area contributed by atoms with Crippen LogP contribution >= 0.6 is 22.9 Å². The van der Waals surface area contributed by atoms with E-state index in [0.717, 1.165) is 66.2 Å². The first kappa shape index (κ1) is 43.0. The van der Waals surface area contributed by atoms with Gasteiger partial charge in [0.25, 0.3) is 0 Å². The molecule has 6 heterocycles. The zero-order valence-corrected chi connectivity index (χ0v) is 37.0. The van der Waals surface area contributed by atoms with Crippen LogP contribution in [0, 0.1) is 27.7 Å². The molecule has 15 nitrogen and oxygen atoms in total. The SMILES string of the molecule is COc1nc(N2CCN(CCOCCOCCNC(=O)CC3N=C(c4ccc(C)cc4)c4c(sc(C)c4C)-n4c(C)nnc43)CC2)ccc1-c1cc2c(C(=O)O)c[nH]c2cc1Cl. The second-order valence-corrected chi connectivity index (χ2v) is 17.1. The van der Waals surface area contributed by atoms with Crippen molar-refractivity contribution in [3.63, 3.8) is 0 Å². The number of halogens is 1. The lowest BCUT2D eigenvalue weighted by Crippen LogP contribution is -2.47. The second-order valence-electron chi connectivity index (χ2n) is 15.5. The standard InChI is InChI=1S/C45H50ClN9O6S/c1-26-6-8-30(9-7-26)41-40-27(2)28(3)62-44(40)55-29(4)51-52-42(55)37(49-41)24-39(56)47-12-18-60-20-21-61-19-17-53-13-15-54(16-14-53)38-11-10-31(43(50-38)59-5)32-22-33-34(45(57)58)25-48-36(33)23-35(32)46/h6-11,22-23,25,37,48H,12-21,24H2,1-5H3,(H,47,56)(H,57,58). The molecule has 1 atom stereocenters. The van der Waals surface area contributed by atoms with Crippen LogP contribution in [0.2, 0.25) is 5.02 Å². The van der Waals surface area contributed by atoms with Crippen molar-refractivity contribution >= 4 is 57.2 Å². The number of aromatic carboxylic acids is 1. The van der Waals surface area contributed by atoms with E-state index in [4.69, 9.17) is 35.8 Å². The topological polar surface area (TPSA) is 172 Å². The number of methoxy groups -OCH3 is 1. The zero-order chi connectivity index (χ0) is 43.5. The van der Waals surface area contributed by atoms with E-state index in [-0.39, 0.29) is 17.9 Å². The summed E-state index contributed by atoms with van der Waals surface area (Å²) in [5.41, 5.74) is 7.43. The summed E-state index contributed by atoms with van der Waals surface area (Å²) in [6.07, 6.45) is 1.60.